The number of benzene rings is 3. The molecule has 2 heterocycles. The molecule has 2 aromatic heterocycles. The highest BCUT2D eigenvalue weighted by Gasteiger charge is 2.10. The van der Waals surface area contributed by atoms with E-state index < -0.39 is 9.84 Å². The third-order valence-electron chi connectivity index (χ3n) is 5.22. The molecule has 9 heteroatoms. The lowest BCUT2D eigenvalue weighted by Crippen LogP contribution is -2.01. The van der Waals surface area contributed by atoms with E-state index in [1.54, 1.807) is 47.4 Å². The van der Waals surface area contributed by atoms with E-state index in [0.29, 0.717) is 11.6 Å². The van der Waals surface area contributed by atoms with Crippen LogP contribution in [0, 0.1) is 0 Å². The molecule has 0 amide bonds. The predicted octanol–water partition coefficient (Wildman–Crippen LogP) is 4.54. The van der Waals surface area contributed by atoms with Crippen LogP contribution in [0.3, 0.4) is 0 Å². The van der Waals surface area contributed by atoms with E-state index in [1.165, 1.54) is 6.26 Å². The third kappa shape index (κ3) is 4.55. The summed E-state index contributed by atoms with van der Waals surface area (Å²) in [5.74, 6) is 0.433. The minimum atomic E-state index is -3.24. The number of hydrogen-bond donors (Lipinski definition) is 1. The zero-order valence-corrected chi connectivity index (χ0v) is 19.0. The molecule has 34 heavy (non-hydrogen) atoms. The Morgan fingerprint density at radius 1 is 0.824 bits per heavy atom. The molecular formula is C25H20N6O2S. The van der Waals surface area contributed by atoms with Crippen molar-refractivity contribution in [3.05, 3.63) is 97.3 Å². The van der Waals surface area contributed by atoms with Gasteiger partial charge in [-0.25, -0.2) is 23.1 Å². The number of nitrogens with one attached hydrogen (secondary N) is 1. The van der Waals surface area contributed by atoms with Gasteiger partial charge in [0, 0.05) is 29.3 Å². The van der Waals surface area contributed by atoms with Gasteiger partial charge in [0.15, 0.2) is 9.84 Å². The summed E-state index contributed by atoms with van der Waals surface area (Å²) in [6, 6.07) is 26.1. The van der Waals surface area contributed by atoms with Crippen LogP contribution in [0.4, 0.5) is 11.6 Å². The van der Waals surface area contributed by atoms with Gasteiger partial charge in [-0.05, 0) is 42.5 Å². The Morgan fingerprint density at radius 3 is 2.26 bits per heavy atom. The van der Waals surface area contributed by atoms with E-state index in [9.17, 15) is 8.42 Å². The smallest absolute Gasteiger partial charge is 0.227 e. The van der Waals surface area contributed by atoms with Crippen LogP contribution in [0.2, 0.25) is 0 Å². The average molecular weight is 469 g/mol. The first-order chi connectivity index (χ1) is 16.5. The lowest BCUT2D eigenvalue weighted by molar-refractivity contribution is 0.602. The summed E-state index contributed by atoms with van der Waals surface area (Å²) >= 11 is 0. The van der Waals surface area contributed by atoms with Crippen LogP contribution in [-0.2, 0) is 9.84 Å². The number of sulfone groups is 1. The van der Waals surface area contributed by atoms with E-state index >= 15 is 0 Å². The second kappa shape index (κ2) is 8.87. The molecule has 0 fully saturated rings. The molecule has 8 nitrogen and oxygen atoms in total. The summed E-state index contributed by atoms with van der Waals surface area (Å²) < 4.78 is 25.2. The van der Waals surface area contributed by atoms with E-state index in [1.807, 2.05) is 54.6 Å². The van der Waals surface area contributed by atoms with Gasteiger partial charge in [0.05, 0.1) is 28.2 Å². The van der Waals surface area contributed by atoms with Crippen LogP contribution in [0.15, 0.2) is 102 Å². The molecule has 0 atom stereocenters. The summed E-state index contributed by atoms with van der Waals surface area (Å²) in [5, 5.41) is 11.5. The first kappa shape index (κ1) is 21.5. The molecule has 0 aliphatic heterocycles. The fourth-order valence-corrected chi connectivity index (χ4v) is 4.13. The van der Waals surface area contributed by atoms with E-state index in [0.717, 1.165) is 28.2 Å². The Hall–Kier alpha value is -4.37. The number of aromatic nitrogens is 5. The Kier molecular flexibility index (Phi) is 5.60. The first-order valence-corrected chi connectivity index (χ1v) is 12.3. The lowest BCUT2D eigenvalue weighted by atomic mass is 10.1. The summed E-state index contributed by atoms with van der Waals surface area (Å²) in [5.41, 5.74) is 5.11. The maximum atomic E-state index is 11.7. The molecule has 5 rings (SSSR count). The fourth-order valence-electron chi connectivity index (χ4n) is 3.50. The number of anilines is 2. The second-order valence-corrected chi connectivity index (χ2v) is 9.65. The summed E-state index contributed by atoms with van der Waals surface area (Å²) in [7, 11) is -3.24. The second-order valence-electron chi connectivity index (χ2n) is 7.63. The summed E-state index contributed by atoms with van der Waals surface area (Å²) in [6.07, 6.45) is 4.58. The molecule has 0 spiro atoms. The van der Waals surface area contributed by atoms with Crippen molar-refractivity contribution >= 4 is 21.5 Å². The maximum absolute atomic E-state index is 11.7. The van der Waals surface area contributed by atoms with Gasteiger partial charge >= 0.3 is 0 Å². The Morgan fingerprint density at radius 2 is 1.56 bits per heavy atom. The maximum Gasteiger partial charge on any atom is 0.227 e. The SMILES string of the molecule is CS(=O)(=O)c1ccc(-c2ccnc(Nc3ccc(-n4nncc4-c4ccccc4)cc3)n2)cc1. The Labute approximate surface area is 196 Å². The molecule has 5 aromatic rings. The molecule has 0 bridgehead atoms. The monoisotopic (exact) mass is 468 g/mol. The standard InChI is InChI=1S/C25H20N6O2S/c1-34(32,33)22-13-7-18(8-14-22)23-15-16-26-25(29-23)28-20-9-11-21(12-10-20)31-24(17-27-30-31)19-5-3-2-4-6-19/h2-17H,1H3,(H,26,28,29). The van der Waals surface area contributed by atoms with Crippen molar-refractivity contribution in [3.8, 4) is 28.2 Å². The summed E-state index contributed by atoms with van der Waals surface area (Å²) in [6.45, 7) is 0. The van der Waals surface area contributed by atoms with Crippen molar-refractivity contribution in [3.63, 3.8) is 0 Å². The van der Waals surface area contributed by atoms with Gasteiger partial charge in [-0.2, -0.15) is 0 Å². The zero-order valence-electron chi connectivity index (χ0n) is 18.2. The van der Waals surface area contributed by atoms with Crippen molar-refractivity contribution in [1.29, 1.82) is 0 Å². The van der Waals surface area contributed by atoms with Crippen LogP contribution in [0.1, 0.15) is 0 Å². The number of rotatable bonds is 6. The van der Waals surface area contributed by atoms with Crippen LogP contribution >= 0.6 is 0 Å². The minimum absolute atomic E-state index is 0.270. The summed E-state index contributed by atoms with van der Waals surface area (Å²) in [4.78, 5) is 9.12. The number of hydrogen-bond acceptors (Lipinski definition) is 7. The van der Waals surface area contributed by atoms with Gasteiger partial charge in [-0.15, -0.1) is 5.10 Å². The quantitative estimate of drug-likeness (QED) is 0.390. The third-order valence-corrected chi connectivity index (χ3v) is 6.35. The molecule has 1 N–H and O–H groups in total. The van der Waals surface area contributed by atoms with Gasteiger partial charge in [-0.3, -0.25) is 0 Å². The molecule has 0 saturated carbocycles. The van der Waals surface area contributed by atoms with Crippen LogP contribution in [0.5, 0.6) is 0 Å². The van der Waals surface area contributed by atoms with Crippen LogP contribution < -0.4 is 5.32 Å². The van der Waals surface area contributed by atoms with Crippen molar-refractivity contribution in [2.45, 2.75) is 4.90 Å². The Bertz CT molecular complexity index is 1530. The number of nitrogens with zero attached hydrogens (tertiary/aromatic N) is 5. The first-order valence-electron chi connectivity index (χ1n) is 10.4. The van der Waals surface area contributed by atoms with Gasteiger partial charge < -0.3 is 5.32 Å². The van der Waals surface area contributed by atoms with Crippen molar-refractivity contribution in [1.82, 2.24) is 25.0 Å². The molecule has 0 radical (unpaired) electrons. The van der Waals surface area contributed by atoms with E-state index in [2.05, 4.69) is 25.6 Å². The Balaban J connectivity index is 1.35. The lowest BCUT2D eigenvalue weighted by Gasteiger charge is -2.09. The molecule has 0 unspecified atom stereocenters. The highest BCUT2D eigenvalue weighted by Crippen LogP contribution is 2.24. The normalized spacial score (nSPS) is 11.3. The molecular weight excluding hydrogens is 448 g/mol. The van der Waals surface area contributed by atoms with Crippen LogP contribution in [0.25, 0.3) is 28.2 Å². The molecule has 0 saturated heterocycles. The highest BCUT2D eigenvalue weighted by atomic mass is 32.2. The highest BCUT2D eigenvalue weighted by molar-refractivity contribution is 7.90. The van der Waals surface area contributed by atoms with Gasteiger partial charge in [0.2, 0.25) is 5.95 Å². The van der Waals surface area contributed by atoms with Crippen molar-refractivity contribution in [2.24, 2.45) is 0 Å². The molecule has 0 aliphatic rings. The molecule has 0 aliphatic carbocycles. The molecule has 3 aromatic carbocycles. The fraction of sp³-hybridized carbons (Fsp3) is 0.0400. The van der Waals surface area contributed by atoms with Gasteiger partial charge in [0.25, 0.3) is 0 Å². The van der Waals surface area contributed by atoms with E-state index in [4.69, 9.17) is 0 Å². The van der Waals surface area contributed by atoms with Crippen molar-refractivity contribution < 1.29 is 8.42 Å². The minimum Gasteiger partial charge on any atom is -0.324 e. The predicted molar refractivity (Wildman–Crippen MR) is 131 cm³/mol. The average Bonchev–Trinajstić information content (AvgIpc) is 3.35. The zero-order chi connectivity index (χ0) is 23.5. The topological polar surface area (TPSA) is 103 Å². The molecule has 168 valence electrons. The van der Waals surface area contributed by atoms with E-state index in [-0.39, 0.29) is 4.90 Å². The van der Waals surface area contributed by atoms with Crippen LogP contribution in [-0.4, -0.2) is 39.6 Å². The van der Waals surface area contributed by atoms with Crippen molar-refractivity contribution in [2.75, 3.05) is 11.6 Å². The largest absolute Gasteiger partial charge is 0.324 e. The van der Waals surface area contributed by atoms with Gasteiger partial charge in [-0.1, -0.05) is 47.7 Å². The van der Waals surface area contributed by atoms with Gasteiger partial charge in [0.1, 0.15) is 0 Å².